The van der Waals surface area contributed by atoms with Gasteiger partial charge >= 0.3 is 0 Å². The van der Waals surface area contributed by atoms with E-state index in [2.05, 4.69) is 5.32 Å². The summed E-state index contributed by atoms with van der Waals surface area (Å²) in [6.45, 7) is 1.80. The molecule has 4 heteroatoms. The van der Waals surface area contributed by atoms with Crippen molar-refractivity contribution in [1.82, 2.24) is 5.32 Å². The smallest absolute Gasteiger partial charge is 0.164 e. The van der Waals surface area contributed by atoms with Crippen LogP contribution in [0, 0.1) is 0 Å². The fraction of sp³-hybridized carbons (Fsp3) is 0.385. The minimum atomic E-state index is 0.707. The van der Waals surface area contributed by atoms with Crippen LogP contribution in [0.25, 0.3) is 11.0 Å². The summed E-state index contributed by atoms with van der Waals surface area (Å²) in [5.74, 6) is 2.49. The van der Waals surface area contributed by atoms with Crippen LogP contribution in [-0.2, 0) is 13.0 Å². The molecule has 1 aromatic carbocycles. The van der Waals surface area contributed by atoms with Crippen molar-refractivity contribution < 1.29 is 13.9 Å². The monoisotopic (exact) mass is 233 g/mol. The number of nitrogens with one attached hydrogen (secondary N) is 1. The minimum Gasteiger partial charge on any atom is -0.493 e. The lowest BCUT2D eigenvalue weighted by Crippen LogP contribution is -2.22. The Morgan fingerprint density at radius 3 is 2.71 bits per heavy atom. The van der Waals surface area contributed by atoms with E-state index in [-0.39, 0.29) is 0 Å². The first-order valence-corrected chi connectivity index (χ1v) is 5.70. The van der Waals surface area contributed by atoms with Crippen molar-refractivity contribution in [2.45, 2.75) is 13.0 Å². The molecule has 1 aliphatic heterocycles. The molecule has 3 rings (SSSR count). The van der Waals surface area contributed by atoms with Gasteiger partial charge in [-0.1, -0.05) is 0 Å². The molecule has 0 spiro atoms. The zero-order valence-electron chi connectivity index (χ0n) is 10.0. The van der Waals surface area contributed by atoms with E-state index in [0.29, 0.717) is 5.75 Å². The molecule has 2 heterocycles. The van der Waals surface area contributed by atoms with Crippen LogP contribution in [0.15, 0.2) is 16.5 Å². The van der Waals surface area contributed by atoms with Crippen molar-refractivity contribution in [2.24, 2.45) is 0 Å². The summed E-state index contributed by atoms with van der Waals surface area (Å²) in [6.07, 6.45) is 0.998. The molecule has 0 bridgehead atoms. The van der Waals surface area contributed by atoms with E-state index in [1.165, 1.54) is 5.56 Å². The quantitative estimate of drug-likeness (QED) is 0.862. The summed E-state index contributed by atoms with van der Waals surface area (Å²) in [4.78, 5) is 0. The summed E-state index contributed by atoms with van der Waals surface area (Å²) in [5.41, 5.74) is 2.16. The molecule has 0 atom stereocenters. The van der Waals surface area contributed by atoms with Gasteiger partial charge in [0.25, 0.3) is 0 Å². The van der Waals surface area contributed by atoms with E-state index >= 15 is 0 Å². The molecule has 0 radical (unpaired) electrons. The Kier molecular flexibility index (Phi) is 2.44. The number of furan rings is 1. The van der Waals surface area contributed by atoms with Gasteiger partial charge in [-0.15, -0.1) is 0 Å². The second kappa shape index (κ2) is 3.96. The highest BCUT2D eigenvalue weighted by molar-refractivity contribution is 5.86. The van der Waals surface area contributed by atoms with E-state index in [9.17, 15) is 0 Å². The van der Waals surface area contributed by atoms with Crippen LogP contribution in [0.5, 0.6) is 11.5 Å². The maximum Gasteiger partial charge on any atom is 0.164 e. The van der Waals surface area contributed by atoms with E-state index in [0.717, 1.165) is 42.0 Å². The van der Waals surface area contributed by atoms with E-state index in [4.69, 9.17) is 13.9 Å². The van der Waals surface area contributed by atoms with Gasteiger partial charge in [-0.2, -0.15) is 0 Å². The third-order valence-electron chi connectivity index (χ3n) is 3.22. The molecule has 0 fully saturated rings. The van der Waals surface area contributed by atoms with Gasteiger partial charge in [-0.3, -0.25) is 0 Å². The number of methoxy groups -OCH3 is 2. The van der Waals surface area contributed by atoms with Crippen molar-refractivity contribution >= 4 is 11.0 Å². The van der Waals surface area contributed by atoms with Crippen LogP contribution in [0.2, 0.25) is 0 Å². The molecule has 17 heavy (non-hydrogen) atoms. The molecule has 0 saturated carbocycles. The fourth-order valence-corrected chi connectivity index (χ4v) is 2.36. The highest BCUT2D eigenvalue weighted by atomic mass is 16.5. The van der Waals surface area contributed by atoms with Crippen molar-refractivity contribution in [1.29, 1.82) is 0 Å². The largest absolute Gasteiger partial charge is 0.493 e. The molecule has 0 saturated heterocycles. The van der Waals surface area contributed by atoms with Gasteiger partial charge in [0.2, 0.25) is 0 Å². The molecular formula is C13H15NO3. The lowest BCUT2D eigenvalue weighted by molar-refractivity contribution is 0.355. The second-order valence-corrected chi connectivity index (χ2v) is 4.13. The van der Waals surface area contributed by atoms with Crippen LogP contribution >= 0.6 is 0 Å². The number of hydrogen-bond acceptors (Lipinski definition) is 4. The van der Waals surface area contributed by atoms with Gasteiger partial charge in [0.1, 0.15) is 11.3 Å². The fourth-order valence-electron chi connectivity index (χ4n) is 2.36. The van der Waals surface area contributed by atoms with Gasteiger partial charge in [0.05, 0.1) is 20.8 Å². The molecular weight excluding hydrogens is 218 g/mol. The average Bonchev–Trinajstić information content (AvgIpc) is 2.74. The number of benzene rings is 1. The highest BCUT2D eigenvalue weighted by Gasteiger charge is 2.19. The first kappa shape index (κ1) is 10.5. The van der Waals surface area contributed by atoms with Gasteiger partial charge in [0, 0.05) is 17.0 Å². The molecule has 4 nitrogen and oxygen atoms in total. The van der Waals surface area contributed by atoms with Gasteiger partial charge in [-0.25, -0.2) is 0 Å². The zero-order chi connectivity index (χ0) is 11.8. The summed E-state index contributed by atoms with van der Waals surface area (Å²) >= 11 is 0. The van der Waals surface area contributed by atoms with Crippen molar-refractivity contribution in [3.63, 3.8) is 0 Å². The maximum atomic E-state index is 5.83. The Labute approximate surface area is 99.5 Å². The molecule has 0 unspecified atom stereocenters. The highest BCUT2D eigenvalue weighted by Crippen LogP contribution is 2.37. The van der Waals surface area contributed by atoms with Crippen molar-refractivity contribution in [3.8, 4) is 11.5 Å². The third kappa shape index (κ3) is 1.56. The van der Waals surface area contributed by atoms with E-state index in [1.54, 1.807) is 14.2 Å². The average molecular weight is 233 g/mol. The van der Waals surface area contributed by atoms with Gasteiger partial charge < -0.3 is 19.2 Å². The Bertz CT molecular complexity index is 559. The molecule has 90 valence electrons. The van der Waals surface area contributed by atoms with Crippen molar-refractivity contribution in [2.75, 3.05) is 20.8 Å². The maximum absolute atomic E-state index is 5.83. The lowest BCUT2D eigenvalue weighted by atomic mass is 10.0. The number of fused-ring (bicyclic) bond motifs is 3. The molecule has 0 aliphatic carbocycles. The predicted octanol–water partition coefficient (Wildman–Crippen LogP) is 2.10. The molecule has 1 N–H and O–H groups in total. The number of rotatable bonds is 2. The molecule has 2 aromatic rings. The number of hydrogen-bond donors (Lipinski definition) is 1. The van der Waals surface area contributed by atoms with Crippen LogP contribution < -0.4 is 14.8 Å². The summed E-state index contributed by atoms with van der Waals surface area (Å²) in [6, 6.07) is 3.90. The first-order chi connectivity index (χ1) is 8.33. The van der Waals surface area contributed by atoms with E-state index in [1.807, 2.05) is 12.1 Å². The Balaban J connectivity index is 2.24. The summed E-state index contributed by atoms with van der Waals surface area (Å²) < 4.78 is 16.4. The van der Waals surface area contributed by atoms with Crippen LogP contribution in [0.3, 0.4) is 0 Å². The predicted molar refractivity (Wildman–Crippen MR) is 64.7 cm³/mol. The first-order valence-electron chi connectivity index (χ1n) is 5.70. The summed E-state index contributed by atoms with van der Waals surface area (Å²) in [7, 11) is 3.28. The summed E-state index contributed by atoms with van der Waals surface area (Å²) in [5, 5.41) is 4.44. The van der Waals surface area contributed by atoms with Crippen LogP contribution in [0.4, 0.5) is 0 Å². The normalized spacial score (nSPS) is 14.7. The topological polar surface area (TPSA) is 43.6 Å². The Hall–Kier alpha value is -1.68. The standard InChI is InChI=1S/C13H15NO3/c1-15-11-5-9-8-3-4-14-7-13(8)17-10(9)6-12(11)16-2/h5-6,14H,3-4,7H2,1-2H3. The second-order valence-electron chi connectivity index (χ2n) is 4.13. The van der Waals surface area contributed by atoms with Gasteiger partial charge in [0.15, 0.2) is 11.5 Å². The van der Waals surface area contributed by atoms with Crippen molar-refractivity contribution in [3.05, 3.63) is 23.5 Å². The Morgan fingerprint density at radius 1 is 1.18 bits per heavy atom. The third-order valence-corrected chi connectivity index (χ3v) is 3.22. The molecule has 1 aromatic heterocycles. The lowest BCUT2D eigenvalue weighted by Gasteiger charge is -2.11. The molecule has 0 amide bonds. The zero-order valence-corrected chi connectivity index (χ0v) is 10.0. The van der Waals surface area contributed by atoms with E-state index < -0.39 is 0 Å². The Morgan fingerprint density at radius 2 is 1.94 bits per heavy atom. The molecule has 1 aliphatic rings. The SMILES string of the molecule is COc1cc2oc3c(c2cc1OC)CCNC3. The minimum absolute atomic E-state index is 0.707. The number of ether oxygens (including phenoxy) is 2. The van der Waals surface area contributed by atoms with Crippen LogP contribution in [-0.4, -0.2) is 20.8 Å². The van der Waals surface area contributed by atoms with Gasteiger partial charge in [-0.05, 0) is 19.0 Å². The van der Waals surface area contributed by atoms with Crippen LogP contribution in [0.1, 0.15) is 11.3 Å².